The van der Waals surface area contributed by atoms with Crippen LogP contribution in [-0.4, -0.2) is 49.9 Å². The molecule has 0 atom stereocenters. The molecule has 0 saturated carbocycles. The van der Waals surface area contributed by atoms with Crippen LogP contribution in [0.4, 0.5) is 15.3 Å². The lowest BCUT2D eigenvalue weighted by Crippen LogP contribution is -2.47. The van der Waals surface area contributed by atoms with Crippen molar-refractivity contribution in [3.05, 3.63) is 24.3 Å². The average molecular weight is 321 g/mol. The highest BCUT2D eigenvalue weighted by Crippen LogP contribution is 2.15. The minimum absolute atomic E-state index is 0.0546. The zero-order valence-electron chi connectivity index (χ0n) is 13.5. The molecule has 23 heavy (non-hydrogen) atoms. The van der Waals surface area contributed by atoms with Crippen LogP contribution in [0.15, 0.2) is 24.3 Å². The fourth-order valence-corrected chi connectivity index (χ4v) is 2.45. The van der Waals surface area contributed by atoms with Crippen molar-refractivity contribution in [2.45, 2.75) is 25.8 Å². The number of ether oxygens (including phenoxy) is 2. The summed E-state index contributed by atoms with van der Waals surface area (Å²) in [6, 6.07) is 6.94. The van der Waals surface area contributed by atoms with E-state index < -0.39 is 0 Å². The number of piperidine rings is 1. The van der Waals surface area contributed by atoms with E-state index in [1.165, 1.54) is 0 Å². The first-order chi connectivity index (χ1) is 11.1. The molecule has 7 heteroatoms. The molecule has 0 radical (unpaired) electrons. The summed E-state index contributed by atoms with van der Waals surface area (Å²) in [5.41, 5.74) is 0.701. The summed E-state index contributed by atoms with van der Waals surface area (Å²) >= 11 is 0. The Hall–Kier alpha value is -2.44. The molecule has 0 aromatic heterocycles. The summed E-state index contributed by atoms with van der Waals surface area (Å²) in [6.45, 7) is 3.34. The van der Waals surface area contributed by atoms with E-state index in [4.69, 9.17) is 9.47 Å². The number of carbonyl (C=O) groups is 2. The van der Waals surface area contributed by atoms with E-state index in [9.17, 15) is 9.59 Å². The third-order valence-electron chi connectivity index (χ3n) is 3.70. The van der Waals surface area contributed by atoms with E-state index in [0.717, 1.165) is 18.6 Å². The maximum absolute atomic E-state index is 12.0. The smallest absolute Gasteiger partial charge is 0.409 e. The van der Waals surface area contributed by atoms with Crippen LogP contribution in [0.2, 0.25) is 0 Å². The number of amides is 3. The van der Waals surface area contributed by atoms with Gasteiger partial charge in [0.25, 0.3) is 0 Å². The Morgan fingerprint density at radius 3 is 2.43 bits per heavy atom. The van der Waals surface area contributed by atoms with Gasteiger partial charge in [0.15, 0.2) is 0 Å². The third kappa shape index (κ3) is 5.05. The molecule has 0 spiro atoms. The number of urea groups is 1. The molecule has 2 rings (SSSR count). The van der Waals surface area contributed by atoms with Crippen LogP contribution in [0.3, 0.4) is 0 Å². The van der Waals surface area contributed by atoms with Crippen molar-refractivity contribution >= 4 is 17.8 Å². The summed E-state index contributed by atoms with van der Waals surface area (Å²) in [4.78, 5) is 25.3. The molecular weight excluding hydrogens is 298 g/mol. The zero-order valence-corrected chi connectivity index (χ0v) is 13.5. The number of rotatable bonds is 4. The first-order valence-corrected chi connectivity index (χ1v) is 7.75. The highest BCUT2D eigenvalue weighted by molar-refractivity contribution is 5.89. The van der Waals surface area contributed by atoms with E-state index >= 15 is 0 Å². The molecule has 1 aromatic rings. The number of methoxy groups -OCH3 is 1. The van der Waals surface area contributed by atoms with Crippen molar-refractivity contribution in [1.29, 1.82) is 0 Å². The number of hydrogen-bond donors (Lipinski definition) is 2. The van der Waals surface area contributed by atoms with Gasteiger partial charge in [-0.15, -0.1) is 0 Å². The number of likely N-dealkylation sites (tertiary alicyclic amines) is 1. The number of nitrogens with one attached hydrogen (secondary N) is 2. The standard InChI is InChI=1S/C16H23N3O4/c1-3-23-16(21)19-10-8-13(9-11-19)18-15(20)17-12-4-6-14(22-2)7-5-12/h4-7,13H,3,8-11H2,1-2H3,(H2,17,18,20). The lowest BCUT2D eigenvalue weighted by atomic mass is 10.1. The summed E-state index contributed by atoms with van der Waals surface area (Å²) in [7, 11) is 1.60. The topological polar surface area (TPSA) is 79.9 Å². The lowest BCUT2D eigenvalue weighted by Gasteiger charge is -2.31. The number of anilines is 1. The van der Waals surface area contributed by atoms with Crippen molar-refractivity contribution in [3.63, 3.8) is 0 Å². The van der Waals surface area contributed by atoms with Crippen molar-refractivity contribution in [2.24, 2.45) is 0 Å². The average Bonchev–Trinajstić information content (AvgIpc) is 2.56. The second-order valence-corrected chi connectivity index (χ2v) is 5.29. The molecule has 1 aliphatic rings. The lowest BCUT2D eigenvalue weighted by molar-refractivity contribution is 0.0959. The quantitative estimate of drug-likeness (QED) is 0.892. The highest BCUT2D eigenvalue weighted by atomic mass is 16.6. The summed E-state index contributed by atoms with van der Waals surface area (Å²) in [6.07, 6.45) is 1.15. The Morgan fingerprint density at radius 2 is 1.87 bits per heavy atom. The van der Waals surface area contributed by atoms with Gasteiger partial charge in [0, 0.05) is 24.8 Å². The maximum atomic E-state index is 12.0. The Bertz CT molecular complexity index is 525. The van der Waals surface area contributed by atoms with E-state index in [1.807, 2.05) is 0 Å². The fourth-order valence-electron chi connectivity index (χ4n) is 2.45. The van der Waals surface area contributed by atoms with Crippen LogP contribution >= 0.6 is 0 Å². The van der Waals surface area contributed by atoms with Crippen molar-refractivity contribution in [3.8, 4) is 5.75 Å². The zero-order chi connectivity index (χ0) is 16.7. The van der Waals surface area contributed by atoms with Crippen LogP contribution < -0.4 is 15.4 Å². The Balaban J connectivity index is 1.75. The van der Waals surface area contributed by atoms with E-state index in [0.29, 0.717) is 25.4 Å². The van der Waals surface area contributed by atoms with Crippen LogP contribution in [0.5, 0.6) is 5.75 Å². The predicted octanol–water partition coefficient (Wildman–Crippen LogP) is 2.44. The van der Waals surface area contributed by atoms with Gasteiger partial charge in [-0.2, -0.15) is 0 Å². The molecule has 1 saturated heterocycles. The molecule has 2 N–H and O–H groups in total. The van der Waals surface area contributed by atoms with E-state index in [2.05, 4.69) is 10.6 Å². The van der Waals surface area contributed by atoms with Crippen LogP contribution in [0.1, 0.15) is 19.8 Å². The molecule has 7 nitrogen and oxygen atoms in total. The molecule has 126 valence electrons. The first kappa shape index (κ1) is 16.9. The minimum atomic E-state index is -0.284. The molecule has 0 aliphatic carbocycles. The van der Waals surface area contributed by atoms with Crippen molar-refractivity contribution in [2.75, 3.05) is 32.1 Å². The largest absolute Gasteiger partial charge is 0.497 e. The summed E-state index contributed by atoms with van der Waals surface area (Å²) in [5.74, 6) is 0.738. The van der Waals surface area contributed by atoms with Crippen LogP contribution in [0.25, 0.3) is 0 Å². The summed E-state index contributed by atoms with van der Waals surface area (Å²) < 4.78 is 10.0. The maximum Gasteiger partial charge on any atom is 0.409 e. The van der Waals surface area contributed by atoms with Gasteiger partial charge in [0.05, 0.1) is 13.7 Å². The Morgan fingerprint density at radius 1 is 1.22 bits per heavy atom. The van der Waals surface area contributed by atoms with Crippen LogP contribution in [0, 0.1) is 0 Å². The Labute approximate surface area is 135 Å². The number of benzene rings is 1. The van der Waals surface area contributed by atoms with Gasteiger partial charge in [-0.3, -0.25) is 0 Å². The molecule has 1 heterocycles. The SMILES string of the molecule is CCOC(=O)N1CCC(NC(=O)Nc2ccc(OC)cc2)CC1. The van der Waals surface area contributed by atoms with E-state index in [-0.39, 0.29) is 18.2 Å². The van der Waals surface area contributed by atoms with Gasteiger partial charge in [0.2, 0.25) is 0 Å². The second kappa shape index (κ2) is 8.26. The second-order valence-electron chi connectivity index (χ2n) is 5.29. The number of carbonyl (C=O) groups excluding carboxylic acids is 2. The molecule has 1 aromatic carbocycles. The molecule has 1 fully saturated rings. The van der Waals surface area contributed by atoms with Crippen molar-refractivity contribution < 1.29 is 19.1 Å². The van der Waals surface area contributed by atoms with Crippen molar-refractivity contribution in [1.82, 2.24) is 10.2 Å². The van der Waals surface area contributed by atoms with Gasteiger partial charge < -0.3 is 25.0 Å². The minimum Gasteiger partial charge on any atom is -0.497 e. The normalized spacial score (nSPS) is 15.0. The Kier molecular flexibility index (Phi) is 6.08. The van der Waals surface area contributed by atoms with Gasteiger partial charge in [0.1, 0.15) is 5.75 Å². The fraction of sp³-hybridized carbons (Fsp3) is 0.500. The molecule has 0 unspecified atom stereocenters. The predicted molar refractivity (Wildman–Crippen MR) is 86.8 cm³/mol. The monoisotopic (exact) mass is 321 g/mol. The third-order valence-corrected chi connectivity index (χ3v) is 3.70. The highest BCUT2D eigenvalue weighted by Gasteiger charge is 2.24. The van der Waals surface area contributed by atoms with Gasteiger partial charge >= 0.3 is 12.1 Å². The molecule has 0 bridgehead atoms. The molecular formula is C16H23N3O4. The van der Waals surface area contributed by atoms with Gasteiger partial charge in [-0.25, -0.2) is 9.59 Å². The number of nitrogens with zero attached hydrogens (tertiary/aromatic N) is 1. The van der Waals surface area contributed by atoms with E-state index in [1.54, 1.807) is 43.2 Å². The molecule has 3 amide bonds. The first-order valence-electron chi connectivity index (χ1n) is 7.75. The van der Waals surface area contributed by atoms with Gasteiger partial charge in [-0.05, 0) is 44.0 Å². The van der Waals surface area contributed by atoms with Crippen LogP contribution in [-0.2, 0) is 4.74 Å². The molecule has 1 aliphatic heterocycles. The summed E-state index contributed by atoms with van der Waals surface area (Å²) in [5, 5.41) is 5.71. The number of hydrogen-bond acceptors (Lipinski definition) is 4. The van der Waals surface area contributed by atoms with Gasteiger partial charge in [-0.1, -0.05) is 0 Å².